The molecule has 1 rings (SSSR count). The Morgan fingerprint density at radius 1 is 1.31 bits per heavy atom. The van der Waals surface area contributed by atoms with Gasteiger partial charge in [0.15, 0.2) is 0 Å². The van der Waals surface area contributed by atoms with Gasteiger partial charge in [-0.1, -0.05) is 33.1 Å². The molecule has 0 spiro atoms. The molecule has 0 saturated heterocycles. The van der Waals surface area contributed by atoms with E-state index in [-0.39, 0.29) is 0 Å². The van der Waals surface area contributed by atoms with Crippen LogP contribution in [0.3, 0.4) is 0 Å². The van der Waals surface area contributed by atoms with Crippen molar-refractivity contribution in [1.82, 2.24) is 0 Å². The Labute approximate surface area is 86.4 Å². The molecule has 1 heterocycles. The van der Waals surface area contributed by atoms with E-state index in [1.165, 1.54) is 31.4 Å². The summed E-state index contributed by atoms with van der Waals surface area (Å²) in [6, 6.07) is 0. The molecular weight excluding hydrogens is 178 g/mol. The molecule has 0 saturated carbocycles. The van der Waals surface area contributed by atoms with Crippen molar-refractivity contribution in [2.24, 2.45) is 4.99 Å². The maximum atomic E-state index is 4.74. The highest BCUT2D eigenvalue weighted by atomic mass is 32.2. The molecule has 0 aromatic rings. The second kappa shape index (κ2) is 5.69. The topological polar surface area (TPSA) is 12.4 Å². The van der Waals surface area contributed by atoms with Crippen LogP contribution in [-0.4, -0.2) is 16.3 Å². The third kappa shape index (κ3) is 3.34. The Hall–Kier alpha value is 0.0200. The van der Waals surface area contributed by atoms with Crippen molar-refractivity contribution < 1.29 is 0 Å². The van der Waals surface area contributed by atoms with E-state index >= 15 is 0 Å². The van der Waals surface area contributed by atoms with Gasteiger partial charge in [-0.15, -0.1) is 11.8 Å². The van der Waals surface area contributed by atoms with Gasteiger partial charge < -0.3 is 0 Å². The molecule has 0 amide bonds. The fraction of sp³-hybridized carbons (Fsp3) is 0.909. The zero-order valence-electron chi connectivity index (χ0n) is 9.05. The average molecular weight is 199 g/mol. The minimum atomic E-state index is 0.580. The van der Waals surface area contributed by atoms with Crippen LogP contribution in [0.2, 0.25) is 0 Å². The maximum absolute atomic E-state index is 4.74. The van der Waals surface area contributed by atoms with Gasteiger partial charge in [-0.3, -0.25) is 4.99 Å². The molecule has 1 nitrogen and oxygen atoms in total. The largest absolute Gasteiger partial charge is 0.279 e. The Morgan fingerprint density at radius 3 is 2.62 bits per heavy atom. The van der Waals surface area contributed by atoms with Crippen LogP contribution in [0.4, 0.5) is 0 Å². The van der Waals surface area contributed by atoms with Gasteiger partial charge in [0, 0.05) is 11.0 Å². The van der Waals surface area contributed by atoms with Gasteiger partial charge in [0.1, 0.15) is 0 Å². The highest BCUT2D eigenvalue weighted by molar-refractivity contribution is 8.01. The van der Waals surface area contributed by atoms with E-state index in [1.807, 2.05) is 11.8 Å². The SMILES string of the molecule is CCCCC[C@@H]1N=C(CC)[C@H](C)S1. The van der Waals surface area contributed by atoms with Crippen molar-refractivity contribution in [2.45, 2.75) is 63.5 Å². The molecule has 0 fully saturated rings. The summed E-state index contributed by atoms with van der Waals surface area (Å²) in [4.78, 5) is 4.74. The average Bonchev–Trinajstić information content (AvgIpc) is 2.47. The summed E-state index contributed by atoms with van der Waals surface area (Å²) in [6.45, 7) is 6.75. The van der Waals surface area contributed by atoms with E-state index in [0.717, 1.165) is 6.42 Å². The third-order valence-corrected chi connectivity index (χ3v) is 3.89. The van der Waals surface area contributed by atoms with Crippen molar-refractivity contribution >= 4 is 17.5 Å². The normalized spacial score (nSPS) is 27.8. The fourth-order valence-corrected chi connectivity index (χ4v) is 3.07. The monoisotopic (exact) mass is 199 g/mol. The molecule has 0 N–H and O–H groups in total. The van der Waals surface area contributed by atoms with E-state index in [2.05, 4.69) is 20.8 Å². The lowest BCUT2D eigenvalue weighted by Crippen LogP contribution is -2.05. The lowest BCUT2D eigenvalue weighted by Gasteiger charge is -2.06. The molecule has 1 aliphatic heterocycles. The molecule has 0 radical (unpaired) electrons. The van der Waals surface area contributed by atoms with Gasteiger partial charge >= 0.3 is 0 Å². The Balaban J connectivity index is 2.26. The first kappa shape index (κ1) is 11.1. The highest BCUT2D eigenvalue weighted by Gasteiger charge is 2.23. The van der Waals surface area contributed by atoms with E-state index in [0.29, 0.717) is 10.6 Å². The first-order valence-corrected chi connectivity index (χ1v) is 6.44. The minimum absolute atomic E-state index is 0.580. The van der Waals surface area contributed by atoms with Crippen LogP contribution in [0.1, 0.15) is 52.9 Å². The summed E-state index contributed by atoms with van der Waals surface area (Å²) in [7, 11) is 0. The quantitative estimate of drug-likeness (QED) is 0.612. The van der Waals surface area contributed by atoms with Gasteiger partial charge in [0.05, 0.1) is 5.37 Å². The molecule has 0 aliphatic carbocycles. The van der Waals surface area contributed by atoms with Crippen LogP contribution < -0.4 is 0 Å². The van der Waals surface area contributed by atoms with E-state index in [1.54, 1.807) is 0 Å². The number of nitrogens with zero attached hydrogens (tertiary/aromatic N) is 1. The van der Waals surface area contributed by atoms with Crippen LogP contribution in [0.5, 0.6) is 0 Å². The van der Waals surface area contributed by atoms with Crippen molar-refractivity contribution in [3.05, 3.63) is 0 Å². The first-order valence-electron chi connectivity index (χ1n) is 5.50. The number of aliphatic imine (C=N–C) groups is 1. The second-order valence-electron chi connectivity index (χ2n) is 3.70. The summed E-state index contributed by atoms with van der Waals surface area (Å²) < 4.78 is 0. The number of hydrogen-bond donors (Lipinski definition) is 0. The van der Waals surface area contributed by atoms with Gasteiger partial charge in [0.25, 0.3) is 0 Å². The van der Waals surface area contributed by atoms with Gasteiger partial charge in [-0.05, 0) is 19.8 Å². The molecule has 0 aromatic carbocycles. The molecule has 13 heavy (non-hydrogen) atoms. The number of hydrogen-bond acceptors (Lipinski definition) is 2. The standard InChI is InChI=1S/C11H21NS/c1-4-6-7-8-11-12-10(5-2)9(3)13-11/h9,11H,4-8H2,1-3H3/t9-,11+/m0/s1. The van der Waals surface area contributed by atoms with Crippen molar-refractivity contribution in [2.75, 3.05) is 0 Å². The lowest BCUT2D eigenvalue weighted by atomic mass is 10.2. The summed E-state index contributed by atoms with van der Waals surface area (Å²) in [6.07, 6.45) is 6.45. The number of rotatable bonds is 5. The summed E-state index contributed by atoms with van der Waals surface area (Å²) >= 11 is 2.04. The Bertz CT molecular complexity index is 177. The van der Waals surface area contributed by atoms with Crippen molar-refractivity contribution in [1.29, 1.82) is 0 Å². The van der Waals surface area contributed by atoms with Crippen molar-refractivity contribution in [3.63, 3.8) is 0 Å². The molecule has 2 heteroatoms. The summed E-state index contributed by atoms with van der Waals surface area (Å²) in [5.74, 6) is 0. The minimum Gasteiger partial charge on any atom is -0.279 e. The maximum Gasteiger partial charge on any atom is 0.0957 e. The van der Waals surface area contributed by atoms with E-state index < -0.39 is 0 Å². The highest BCUT2D eigenvalue weighted by Crippen LogP contribution is 2.31. The predicted molar refractivity (Wildman–Crippen MR) is 62.7 cm³/mol. The smallest absolute Gasteiger partial charge is 0.0957 e. The Kier molecular flexibility index (Phi) is 4.86. The zero-order chi connectivity index (χ0) is 9.68. The second-order valence-corrected chi connectivity index (χ2v) is 5.23. The summed E-state index contributed by atoms with van der Waals surface area (Å²) in [5, 5.41) is 1.26. The van der Waals surface area contributed by atoms with E-state index in [4.69, 9.17) is 4.99 Å². The third-order valence-electron chi connectivity index (χ3n) is 2.56. The van der Waals surface area contributed by atoms with Gasteiger partial charge in [-0.2, -0.15) is 0 Å². The molecule has 76 valence electrons. The van der Waals surface area contributed by atoms with Crippen LogP contribution in [0.25, 0.3) is 0 Å². The van der Waals surface area contributed by atoms with Crippen LogP contribution in [0.15, 0.2) is 4.99 Å². The first-order chi connectivity index (χ1) is 6.27. The van der Waals surface area contributed by atoms with Gasteiger partial charge in [-0.25, -0.2) is 0 Å². The number of thioether (sulfide) groups is 1. The number of unbranched alkanes of at least 4 members (excludes halogenated alkanes) is 2. The van der Waals surface area contributed by atoms with Crippen molar-refractivity contribution in [3.8, 4) is 0 Å². The zero-order valence-corrected chi connectivity index (χ0v) is 9.86. The fourth-order valence-electron chi connectivity index (χ4n) is 1.71. The lowest BCUT2D eigenvalue weighted by molar-refractivity contribution is 0.658. The Morgan fingerprint density at radius 2 is 2.08 bits per heavy atom. The molecule has 0 unspecified atom stereocenters. The molecule has 0 bridgehead atoms. The summed E-state index contributed by atoms with van der Waals surface area (Å²) in [5.41, 5.74) is 1.42. The van der Waals surface area contributed by atoms with Crippen LogP contribution in [-0.2, 0) is 0 Å². The predicted octanol–water partition coefficient (Wildman–Crippen LogP) is 3.88. The van der Waals surface area contributed by atoms with Gasteiger partial charge in [0.2, 0.25) is 0 Å². The molecular formula is C11H21NS. The molecule has 0 aromatic heterocycles. The van der Waals surface area contributed by atoms with E-state index in [9.17, 15) is 0 Å². The molecule has 2 atom stereocenters. The molecule has 1 aliphatic rings. The van der Waals surface area contributed by atoms with Crippen LogP contribution >= 0.6 is 11.8 Å². The van der Waals surface area contributed by atoms with Crippen LogP contribution in [0, 0.1) is 0 Å².